The van der Waals surface area contributed by atoms with Crippen LogP contribution in [-0.2, 0) is 10.5 Å². The van der Waals surface area contributed by atoms with E-state index < -0.39 is 24.5 Å². The molecule has 0 unspecified atom stereocenters. The van der Waals surface area contributed by atoms with E-state index in [-0.39, 0.29) is 0 Å². The molecule has 176 valence electrons. The summed E-state index contributed by atoms with van der Waals surface area (Å²) in [4.78, 5) is 17.2. The lowest BCUT2D eigenvalue weighted by atomic mass is 10.1. The molecule has 1 saturated heterocycles. The molecule has 1 fully saturated rings. The number of hydrogen-bond donors (Lipinski definition) is 3. The van der Waals surface area contributed by atoms with Crippen molar-refractivity contribution in [3.63, 3.8) is 0 Å². The number of aliphatic hydroxyl groups excluding tert-OH is 2. The average molecular weight is 590 g/mol. The molecule has 0 radical (unpaired) electrons. The standard InChI is InChI=1S/C23H23IN6O3S/c1-12-14(18(27-10-26-12)13-5-3-2-4-6-13)8-34-9-16-19(31)20(32)23(33-16)30-7-15(24)17-21(25)28-11-29-22(17)30/h2-7,10-11,16,19-20,23,31-32H,8-9H2,1H3,(H2,25,28,29)/t16-,19-,20-,23-/m1/s1. The Labute approximate surface area is 214 Å². The van der Waals surface area contributed by atoms with E-state index in [0.29, 0.717) is 28.4 Å². The van der Waals surface area contributed by atoms with Gasteiger partial charge in [0.2, 0.25) is 0 Å². The second-order valence-corrected chi connectivity index (χ2v) is 10.2. The molecular formula is C23H23IN6O3S. The predicted octanol–water partition coefficient (Wildman–Crippen LogP) is 2.94. The lowest BCUT2D eigenvalue weighted by Gasteiger charge is -2.17. The van der Waals surface area contributed by atoms with E-state index in [1.807, 2.05) is 43.5 Å². The van der Waals surface area contributed by atoms with Gasteiger partial charge in [-0.05, 0) is 29.5 Å². The fourth-order valence-electron chi connectivity index (χ4n) is 4.15. The highest BCUT2D eigenvalue weighted by Gasteiger charge is 2.44. The summed E-state index contributed by atoms with van der Waals surface area (Å²) in [5.74, 6) is 1.51. The molecule has 0 saturated carbocycles. The van der Waals surface area contributed by atoms with Gasteiger partial charge >= 0.3 is 0 Å². The Morgan fingerprint density at radius 1 is 1.09 bits per heavy atom. The highest BCUT2D eigenvalue weighted by Crippen LogP contribution is 2.36. The summed E-state index contributed by atoms with van der Waals surface area (Å²) in [7, 11) is 0. The van der Waals surface area contributed by atoms with Crippen molar-refractivity contribution in [1.82, 2.24) is 24.5 Å². The lowest BCUT2D eigenvalue weighted by molar-refractivity contribution is -0.0286. The highest BCUT2D eigenvalue weighted by atomic mass is 127. The number of benzene rings is 1. The fourth-order valence-corrected chi connectivity index (χ4v) is 6.14. The minimum atomic E-state index is -1.10. The van der Waals surface area contributed by atoms with Crippen molar-refractivity contribution in [3.8, 4) is 11.3 Å². The quantitative estimate of drug-likeness (QED) is 0.290. The minimum absolute atomic E-state index is 0.364. The first-order valence-electron chi connectivity index (χ1n) is 10.7. The molecule has 0 bridgehead atoms. The molecule has 1 aromatic carbocycles. The van der Waals surface area contributed by atoms with Crippen LogP contribution in [0.15, 0.2) is 49.2 Å². The van der Waals surface area contributed by atoms with Crippen LogP contribution in [0.4, 0.5) is 5.82 Å². The van der Waals surface area contributed by atoms with Crippen LogP contribution in [0, 0.1) is 10.5 Å². The molecule has 0 amide bonds. The Bertz CT molecular complexity index is 1320. The normalized spacial score (nSPS) is 22.5. The molecule has 0 spiro atoms. The summed E-state index contributed by atoms with van der Waals surface area (Å²) in [6.07, 6.45) is 1.30. The van der Waals surface area contributed by atoms with Gasteiger partial charge in [-0.15, -0.1) is 0 Å². The van der Waals surface area contributed by atoms with Crippen molar-refractivity contribution in [2.45, 2.75) is 37.2 Å². The van der Waals surface area contributed by atoms with Gasteiger partial charge in [0.05, 0.1) is 17.2 Å². The van der Waals surface area contributed by atoms with Gasteiger partial charge in [-0.25, -0.2) is 19.9 Å². The molecule has 9 nitrogen and oxygen atoms in total. The molecule has 3 aromatic heterocycles. The summed E-state index contributed by atoms with van der Waals surface area (Å²) in [6.45, 7) is 1.97. The van der Waals surface area contributed by atoms with Gasteiger partial charge in [0.15, 0.2) is 6.23 Å². The Kier molecular flexibility index (Phi) is 6.71. The maximum Gasteiger partial charge on any atom is 0.164 e. The van der Waals surface area contributed by atoms with Crippen LogP contribution in [-0.4, -0.2) is 58.8 Å². The number of nitrogens with zero attached hydrogens (tertiary/aromatic N) is 5. The van der Waals surface area contributed by atoms with Gasteiger partial charge in [0, 0.05) is 38.1 Å². The van der Waals surface area contributed by atoms with Gasteiger partial charge in [-0.3, -0.25) is 0 Å². The van der Waals surface area contributed by atoms with E-state index in [4.69, 9.17) is 10.5 Å². The second kappa shape index (κ2) is 9.74. The minimum Gasteiger partial charge on any atom is -0.387 e. The molecule has 4 atom stereocenters. The van der Waals surface area contributed by atoms with E-state index in [0.717, 1.165) is 26.1 Å². The van der Waals surface area contributed by atoms with Crippen LogP contribution in [0.25, 0.3) is 22.3 Å². The van der Waals surface area contributed by atoms with Crippen molar-refractivity contribution < 1.29 is 14.9 Å². The zero-order valence-corrected chi connectivity index (χ0v) is 21.2. The Morgan fingerprint density at radius 3 is 2.65 bits per heavy atom. The van der Waals surface area contributed by atoms with E-state index in [1.54, 1.807) is 22.7 Å². The number of fused-ring (bicyclic) bond motifs is 1. The number of aliphatic hydroxyl groups is 2. The van der Waals surface area contributed by atoms with E-state index in [1.165, 1.54) is 6.33 Å². The van der Waals surface area contributed by atoms with Crippen LogP contribution in [0.3, 0.4) is 0 Å². The van der Waals surface area contributed by atoms with E-state index in [2.05, 4.69) is 42.5 Å². The summed E-state index contributed by atoms with van der Waals surface area (Å²) < 4.78 is 8.69. The Balaban J connectivity index is 1.32. The topological polar surface area (TPSA) is 132 Å². The first-order valence-corrected chi connectivity index (χ1v) is 12.9. The summed E-state index contributed by atoms with van der Waals surface area (Å²) in [5, 5.41) is 22.2. The monoisotopic (exact) mass is 590 g/mol. The molecule has 5 rings (SSSR count). The van der Waals surface area contributed by atoms with Crippen molar-refractivity contribution in [1.29, 1.82) is 0 Å². The Hall–Kier alpha value is -2.32. The maximum atomic E-state index is 10.8. The molecular weight excluding hydrogens is 567 g/mol. The summed E-state index contributed by atoms with van der Waals surface area (Å²) in [5.41, 5.74) is 10.5. The summed E-state index contributed by atoms with van der Waals surface area (Å²) in [6, 6.07) is 10.00. The molecule has 4 heterocycles. The third-order valence-corrected chi connectivity index (χ3v) is 7.82. The van der Waals surface area contributed by atoms with Gasteiger partial charge in [0.25, 0.3) is 0 Å². The highest BCUT2D eigenvalue weighted by molar-refractivity contribution is 14.1. The average Bonchev–Trinajstić information content (AvgIpc) is 3.32. The van der Waals surface area contributed by atoms with Gasteiger partial charge in [-0.1, -0.05) is 30.3 Å². The number of aromatic nitrogens is 5. The van der Waals surface area contributed by atoms with Crippen LogP contribution in [0.1, 0.15) is 17.5 Å². The lowest BCUT2D eigenvalue weighted by Crippen LogP contribution is -2.32. The van der Waals surface area contributed by atoms with Crippen LogP contribution in [0.2, 0.25) is 0 Å². The van der Waals surface area contributed by atoms with E-state index >= 15 is 0 Å². The van der Waals surface area contributed by atoms with Crippen LogP contribution < -0.4 is 5.73 Å². The van der Waals surface area contributed by atoms with Crippen molar-refractivity contribution >= 4 is 51.2 Å². The first kappa shape index (κ1) is 23.4. The van der Waals surface area contributed by atoms with Gasteiger partial charge < -0.3 is 25.3 Å². The molecule has 11 heteroatoms. The van der Waals surface area contributed by atoms with Crippen molar-refractivity contribution in [2.24, 2.45) is 0 Å². The number of ether oxygens (including phenoxy) is 1. The smallest absolute Gasteiger partial charge is 0.164 e. The molecule has 34 heavy (non-hydrogen) atoms. The number of aryl methyl sites for hydroxylation is 1. The number of halogens is 1. The Morgan fingerprint density at radius 2 is 1.85 bits per heavy atom. The van der Waals surface area contributed by atoms with Crippen LogP contribution >= 0.6 is 34.4 Å². The third-order valence-electron chi connectivity index (χ3n) is 5.94. The van der Waals surface area contributed by atoms with Gasteiger partial charge in [-0.2, -0.15) is 11.8 Å². The first-order chi connectivity index (χ1) is 16.5. The van der Waals surface area contributed by atoms with E-state index in [9.17, 15) is 10.2 Å². The number of anilines is 1. The molecule has 4 aromatic rings. The zero-order valence-electron chi connectivity index (χ0n) is 18.2. The number of hydrogen-bond acceptors (Lipinski definition) is 9. The van der Waals surface area contributed by atoms with Crippen LogP contribution in [0.5, 0.6) is 0 Å². The zero-order chi connectivity index (χ0) is 23.8. The largest absolute Gasteiger partial charge is 0.387 e. The number of thioether (sulfide) groups is 1. The second-order valence-electron chi connectivity index (χ2n) is 8.06. The number of rotatable bonds is 6. The van der Waals surface area contributed by atoms with Gasteiger partial charge in [0.1, 0.15) is 36.3 Å². The molecule has 1 aliphatic rings. The fraction of sp³-hybridized carbons (Fsp3) is 0.304. The molecule has 0 aliphatic carbocycles. The summed E-state index contributed by atoms with van der Waals surface area (Å²) >= 11 is 3.76. The number of nitrogens with two attached hydrogens (primary N) is 1. The third kappa shape index (κ3) is 4.26. The molecule has 1 aliphatic heterocycles. The number of nitrogen functional groups attached to an aromatic ring is 1. The van der Waals surface area contributed by atoms with Crippen molar-refractivity contribution in [2.75, 3.05) is 11.5 Å². The SMILES string of the molecule is Cc1ncnc(-c2ccccc2)c1CSC[C@H]1O[C@@H](n2cc(I)c3c(N)ncnc32)[C@H](O)[C@@H]1O. The van der Waals surface area contributed by atoms with Crippen molar-refractivity contribution in [3.05, 3.63) is 64.0 Å². The maximum absolute atomic E-state index is 10.8. The predicted molar refractivity (Wildman–Crippen MR) is 139 cm³/mol. The molecule has 4 N–H and O–H groups in total.